The van der Waals surface area contributed by atoms with Gasteiger partial charge in [-0.25, -0.2) is 0 Å². The van der Waals surface area contributed by atoms with E-state index in [1.807, 2.05) is 45.9 Å². The van der Waals surface area contributed by atoms with Crippen LogP contribution >= 0.6 is 0 Å². The second-order valence-electron chi connectivity index (χ2n) is 3.32. The number of anilines is 1. The molecule has 0 aliphatic rings. The number of hydrogen-bond acceptors (Lipinski definition) is 2. The Morgan fingerprint density at radius 3 is 1.84 bits per heavy atom. The molecule has 0 aliphatic heterocycles. The van der Waals surface area contributed by atoms with E-state index in [2.05, 4.69) is 0 Å². The maximum absolute atomic E-state index is 11.9. The van der Waals surface area contributed by atoms with E-state index in [1.165, 1.54) is 0 Å². The van der Waals surface area contributed by atoms with Crippen molar-refractivity contribution in [3.8, 4) is 0 Å². The number of nitrogen functional groups attached to an aromatic ring is 1. The minimum Gasteiger partial charge on any atom is -0.399 e. The van der Waals surface area contributed by atoms with Crippen molar-refractivity contribution in [3.63, 3.8) is 0 Å². The molecule has 0 heterocycles. The van der Waals surface area contributed by atoms with E-state index < -0.39 is 0 Å². The van der Waals surface area contributed by atoms with Crippen LogP contribution in [0.2, 0.25) is 0 Å². The molecule has 0 saturated heterocycles. The zero-order chi connectivity index (χ0) is 14.7. The molecule has 2 aromatic carbocycles. The third-order valence-electron chi connectivity index (χ3n) is 2.18. The van der Waals surface area contributed by atoms with Crippen molar-refractivity contribution in [1.29, 1.82) is 0 Å². The molecule has 0 amide bonds. The minimum absolute atomic E-state index is 0.00269. The monoisotopic (exact) mass is 257 g/mol. The molecule has 0 fully saturated rings. The summed E-state index contributed by atoms with van der Waals surface area (Å²) in [7, 11) is 0. The van der Waals surface area contributed by atoms with E-state index in [9.17, 15) is 4.79 Å². The van der Waals surface area contributed by atoms with Gasteiger partial charge in [-0.15, -0.1) is 0 Å². The topological polar surface area (TPSA) is 43.1 Å². The van der Waals surface area contributed by atoms with Crippen molar-refractivity contribution in [2.24, 2.45) is 0 Å². The summed E-state index contributed by atoms with van der Waals surface area (Å²) in [5.74, 6) is 0.00269. The average Bonchev–Trinajstić information content (AvgIpc) is 2.51. The molecule has 0 unspecified atom stereocenters. The molecule has 0 spiro atoms. The van der Waals surface area contributed by atoms with Gasteiger partial charge in [-0.3, -0.25) is 4.79 Å². The first-order valence-electron chi connectivity index (χ1n) is 6.72. The normalized spacial score (nSPS) is 8.42. The lowest BCUT2D eigenvalue weighted by molar-refractivity contribution is 0.103. The second kappa shape index (κ2) is 9.89. The first kappa shape index (κ1) is 16.9. The number of ketones is 1. The molecule has 2 aromatic rings. The summed E-state index contributed by atoms with van der Waals surface area (Å²) in [5.41, 5.74) is 7.54. The van der Waals surface area contributed by atoms with E-state index in [-0.39, 0.29) is 5.78 Å². The van der Waals surface area contributed by atoms with Crippen molar-refractivity contribution in [2.75, 3.05) is 5.73 Å². The van der Waals surface area contributed by atoms with Gasteiger partial charge in [0.1, 0.15) is 0 Å². The maximum Gasteiger partial charge on any atom is 0.193 e. The van der Waals surface area contributed by atoms with Crippen molar-refractivity contribution < 1.29 is 4.79 Å². The van der Waals surface area contributed by atoms with Gasteiger partial charge < -0.3 is 5.73 Å². The first-order valence-corrected chi connectivity index (χ1v) is 6.72. The Morgan fingerprint density at radius 2 is 1.32 bits per heavy atom. The van der Waals surface area contributed by atoms with Crippen LogP contribution in [0.1, 0.15) is 43.6 Å². The molecule has 2 nitrogen and oxygen atoms in total. The van der Waals surface area contributed by atoms with Crippen LogP contribution in [0, 0.1) is 0 Å². The van der Waals surface area contributed by atoms with Gasteiger partial charge in [-0.05, 0) is 12.1 Å². The zero-order valence-electron chi connectivity index (χ0n) is 12.2. The van der Waals surface area contributed by atoms with E-state index in [4.69, 9.17) is 5.73 Å². The molecule has 0 saturated carbocycles. The van der Waals surface area contributed by atoms with Gasteiger partial charge in [0.05, 0.1) is 0 Å². The Kier molecular flexibility index (Phi) is 8.80. The van der Waals surface area contributed by atoms with E-state index in [0.717, 1.165) is 0 Å². The van der Waals surface area contributed by atoms with Crippen LogP contribution in [0.3, 0.4) is 0 Å². The quantitative estimate of drug-likeness (QED) is 0.633. The fraction of sp³-hybridized carbons (Fsp3) is 0.235. The summed E-state index contributed by atoms with van der Waals surface area (Å²) in [6.07, 6.45) is 0. The molecule has 0 atom stereocenters. The molecule has 19 heavy (non-hydrogen) atoms. The highest BCUT2D eigenvalue weighted by molar-refractivity contribution is 6.09. The summed E-state index contributed by atoms with van der Waals surface area (Å²) in [5, 5.41) is 0. The van der Waals surface area contributed by atoms with E-state index in [1.54, 1.807) is 36.4 Å². The van der Waals surface area contributed by atoms with Crippen molar-refractivity contribution >= 4 is 11.5 Å². The summed E-state index contributed by atoms with van der Waals surface area (Å²) in [4.78, 5) is 11.9. The smallest absolute Gasteiger partial charge is 0.193 e. The van der Waals surface area contributed by atoms with Crippen LogP contribution in [0.15, 0.2) is 54.6 Å². The van der Waals surface area contributed by atoms with Crippen LogP contribution < -0.4 is 5.73 Å². The molecule has 0 bridgehead atoms. The van der Waals surface area contributed by atoms with Crippen molar-refractivity contribution in [3.05, 3.63) is 65.7 Å². The minimum atomic E-state index is 0.00269. The van der Waals surface area contributed by atoms with Gasteiger partial charge in [0.25, 0.3) is 0 Å². The Hall–Kier alpha value is -2.09. The molecule has 102 valence electrons. The highest BCUT2D eigenvalue weighted by Crippen LogP contribution is 2.12. The van der Waals surface area contributed by atoms with Crippen LogP contribution in [0.25, 0.3) is 0 Å². The van der Waals surface area contributed by atoms with Gasteiger partial charge in [0.2, 0.25) is 0 Å². The molecule has 2 rings (SSSR count). The average molecular weight is 257 g/mol. The summed E-state index contributed by atoms with van der Waals surface area (Å²) < 4.78 is 0. The summed E-state index contributed by atoms with van der Waals surface area (Å²) in [6.45, 7) is 8.00. The Bertz CT molecular complexity index is 478. The maximum atomic E-state index is 11.9. The van der Waals surface area contributed by atoms with Gasteiger partial charge >= 0.3 is 0 Å². The SMILES string of the molecule is CC.CC.Nc1cccc(C(=O)c2ccccc2)c1. The fourth-order valence-corrected chi connectivity index (χ4v) is 1.44. The molecular formula is C17H23NO. The Morgan fingerprint density at radius 1 is 0.789 bits per heavy atom. The first-order chi connectivity index (χ1) is 9.27. The number of benzene rings is 2. The van der Waals surface area contributed by atoms with Gasteiger partial charge in [0.15, 0.2) is 5.78 Å². The van der Waals surface area contributed by atoms with Crippen molar-refractivity contribution in [1.82, 2.24) is 0 Å². The number of carbonyl (C=O) groups is 1. The molecule has 0 aliphatic carbocycles. The fourth-order valence-electron chi connectivity index (χ4n) is 1.44. The van der Waals surface area contributed by atoms with Crippen LogP contribution in [0.5, 0.6) is 0 Å². The van der Waals surface area contributed by atoms with E-state index >= 15 is 0 Å². The highest BCUT2D eigenvalue weighted by atomic mass is 16.1. The number of hydrogen-bond donors (Lipinski definition) is 1. The Balaban J connectivity index is 0.000000741. The lowest BCUT2D eigenvalue weighted by Gasteiger charge is -2.01. The van der Waals surface area contributed by atoms with Crippen LogP contribution in [-0.2, 0) is 0 Å². The molecule has 0 aromatic heterocycles. The number of rotatable bonds is 2. The third-order valence-corrected chi connectivity index (χ3v) is 2.18. The predicted molar refractivity (Wildman–Crippen MR) is 83.4 cm³/mol. The molecular weight excluding hydrogens is 234 g/mol. The van der Waals surface area contributed by atoms with Crippen LogP contribution in [-0.4, -0.2) is 5.78 Å². The van der Waals surface area contributed by atoms with Crippen molar-refractivity contribution in [2.45, 2.75) is 27.7 Å². The second-order valence-corrected chi connectivity index (χ2v) is 3.32. The summed E-state index contributed by atoms with van der Waals surface area (Å²) >= 11 is 0. The molecule has 2 N–H and O–H groups in total. The number of carbonyl (C=O) groups excluding carboxylic acids is 1. The van der Waals surface area contributed by atoms with Crippen LogP contribution in [0.4, 0.5) is 5.69 Å². The predicted octanol–water partition coefficient (Wildman–Crippen LogP) is 4.55. The third kappa shape index (κ3) is 5.38. The highest BCUT2D eigenvalue weighted by Gasteiger charge is 2.07. The molecule has 2 heteroatoms. The Labute approximate surface area is 116 Å². The largest absolute Gasteiger partial charge is 0.399 e. The van der Waals surface area contributed by atoms with Gasteiger partial charge in [0, 0.05) is 16.8 Å². The molecule has 0 radical (unpaired) electrons. The lowest BCUT2D eigenvalue weighted by Crippen LogP contribution is -2.01. The lowest BCUT2D eigenvalue weighted by atomic mass is 10.0. The zero-order valence-corrected chi connectivity index (χ0v) is 12.2. The van der Waals surface area contributed by atoms with Gasteiger partial charge in [-0.1, -0.05) is 70.2 Å². The number of nitrogens with two attached hydrogens (primary N) is 1. The standard InChI is InChI=1S/C13H11NO.2C2H6/c14-12-8-4-7-11(9-12)13(15)10-5-2-1-3-6-10;2*1-2/h1-9H,14H2;2*1-2H3. The van der Waals surface area contributed by atoms with E-state index in [0.29, 0.717) is 16.8 Å². The summed E-state index contributed by atoms with van der Waals surface area (Å²) in [6, 6.07) is 16.2. The van der Waals surface area contributed by atoms with Gasteiger partial charge in [-0.2, -0.15) is 0 Å².